The first-order chi connectivity index (χ1) is 6.49. The van der Waals surface area contributed by atoms with Gasteiger partial charge in [-0.1, -0.05) is 0 Å². The minimum Gasteiger partial charge on any atom is -0.496 e. The molecule has 0 unspecified atom stereocenters. The van der Waals surface area contributed by atoms with Crippen LogP contribution in [0.25, 0.3) is 0 Å². The number of nitrogens with one attached hydrogen (secondary N) is 1. The van der Waals surface area contributed by atoms with Crippen LogP contribution in [0.1, 0.15) is 5.56 Å². The summed E-state index contributed by atoms with van der Waals surface area (Å²) in [5, 5.41) is 0. The quantitative estimate of drug-likeness (QED) is 0.574. The first-order valence-electron chi connectivity index (χ1n) is 3.71. The molecule has 1 aromatic carbocycles. The Hall–Kier alpha value is -1.43. The number of nitrogen functional groups attached to an aromatic ring is 1. The van der Waals surface area contributed by atoms with Crippen LogP contribution in [0.5, 0.6) is 5.75 Å². The Morgan fingerprint density at radius 3 is 2.43 bits per heavy atom. The molecule has 0 aliphatic carbocycles. The van der Waals surface area contributed by atoms with Crippen LogP contribution < -0.4 is 16.0 Å². The Morgan fingerprint density at radius 2 is 2.00 bits per heavy atom. The van der Waals surface area contributed by atoms with Crippen molar-refractivity contribution in [2.45, 2.75) is 6.18 Å². The molecule has 0 amide bonds. The van der Waals surface area contributed by atoms with Crippen molar-refractivity contribution >= 4 is 5.69 Å². The van der Waals surface area contributed by atoms with Gasteiger partial charge in [-0.15, -0.1) is 0 Å². The number of nitrogens with two attached hydrogens (primary N) is 1. The van der Waals surface area contributed by atoms with Crippen LogP contribution >= 0.6 is 0 Å². The highest BCUT2D eigenvalue weighted by molar-refractivity contribution is 5.51. The van der Waals surface area contributed by atoms with Gasteiger partial charge in [-0.05, 0) is 18.2 Å². The third kappa shape index (κ3) is 2.08. The molecule has 0 saturated heterocycles. The maximum atomic E-state index is 12.4. The Labute approximate surface area is 78.6 Å². The van der Waals surface area contributed by atoms with Crippen molar-refractivity contribution in [2.75, 3.05) is 12.5 Å². The van der Waals surface area contributed by atoms with Crippen molar-refractivity contribution in [3.63, 3.8) is 0 Å². The minimum atomic E-state index is -4.45. The predicted octanol–water partition coefficient (Wildman–Crippen LogP) is 2.00. The number of benzene rings is 1. The van der Waals surface area contributed by atoms with E-state index in [0.717, 1.165) is 6.07 Å². The Balaban J connectivity index is 3.22. The van der Waals surface area contributed by atoms with E-state index in [1.807, 2.05) is 0 Å². The van der Waals surface area contributed by atoms with Crippen LogP contribution in [0.3, 0.4) is 0 Å². The van der Waals surface area contributed by atoms with Crippen LogP contribution in [0.2, 0.25) is 0 Å². The second-order valence-electron chi connectivity index (χ2n) is 2.56. The molecule has 0 fully saturated rings. The number of hydrogen-bond acceptors (Lipinski definition) is 3. The molecular formula is C8H9F3N2O. The monoisotopic (exact) mass is 206 g/mol. The summed E-state index contributed by atoms with van der Waals surface area (Å²) in [7, 11) is 1.18. The summed E-state index contributed by atoms with van der Waals surface area (Å²) in [4.78, 5) is 0. The number of alkyl halides is 3. The zero-order valence-electron chi connectivity index (χ0n) is 7.35. The lowest BCUT2D eigenvalue weighted by Crippen LogP contribution is -2.11. The maximum Gasteiger partial charge on any atom is 0.420 e. The molecule has 78 valence electrons. The van der Waals surface area contributed by atoms with E-state index in [2.05, 4.69) is 10.2 Å². The number of ether oxygens (including phenoxy) is 1. The molecule has 1 aromatic rings. The van der Waals surface area contributed by atoms with Gasteiger partial charge >= 0.3 is 6.18 Å². The Kier molecular flexibility index (Phi) is 2.85. The molecular weight excluding hydrogens is 197 g/mol. The second kappa shape index (κ2) is 3.75. The number of hydrazine groups is 1. The molecule has 0 radical (unpaired) electrons. The smallest absolute Gasteiger partial charge is 0.420 e. The summed E-state index contributed by atoms with van der Waals surface area (Å²) in [5.74, 6) is 4.77. The Morgan fingerprint density at radius 1 is 1.36 bits per heavy atom. The van der Waals surface area contributed by atoms with E-state index in [1.165, 1.54) is 19.2 Å². The minimum absolute atomic E-state index is 0.179. The summed E-state index contributed by atoms with van der Waals surface area (Å²) in [6.45, 7) is 0. The lowest BCUT2D eigenvalue weighted by Gasteiger charge is -2.12. The highest BCUT2D eigenvalue weighted by atomic mass is 19.4. The average Bonchev–Trinajstić information content (AvgIpc) is 2.15. The third-order valence-electron chi connectivity index (χ3n) is 1.67. The van der Waals surface area contributed by atoms with Crippen molar-refractivity contribution in [1.82, 2.24) is 0 Å². The van der Waals surface area contributed by atoms with Gasteiger partial charge in [0, 0.05) is 5.69 Å². The molecule has 0 aromatic heterocycles. The zero-order valence-corrected chi connectivity index (χ0v) is 7.35. The molecule has 0 aliphatic rings. The van der Waals surface area contributed by atoms with E-state index in [-0.39, 0.29) is 11.4 Å². The van der Waals surface area contributed by atoms with Crippen molar-refractivity contribution in [3.05, 3.63) is 23.8 Å². The van der Waals surface area contributed by atoms with Crippen LogP contribution in [-0.2, 0) is 6.18 Å². The van der Waals surface area contributed by atoms with Gasteiger partial charge in [0.15, 0.2) is 0 Å². The predicted molar refractivity (Wildman–Crippen MR) is 45.8 cm³/mol. The topological polar surface area (TPSA) is 47.3 Å². The normalized spacial score (nSPS) is 11.2. The van der Waals surface area contributed by atoms with Crippen molar-refractivity contribution in [1.29, 1.82) is 0 Å². The molecule has 0 saturated carbocycles. The van der Waals surface area contributed by atoms with Gasteiger partial charge in [0.25, 0.3) is 0 Å². The van der Waals surface area contributed by atoms with E-state index in [9.17, 15) is 13.2 Å². The largest absolute Gasteiger partial charge is 0.496 e. The molecule has 3 nitrogen and oxygen atoms in total. The van der Waals surface area contributed by atoms with Crippen molar-refractivity contribution in [2.24, 2.45) is 5.84 Å². The van der Waals surface area contributed by atoms with E-state index in [1.54, 1.807) is 0 Å². The summed E-state index contributed by atoms with van der Waals surface area (Å²) in [6, 6.07) is 3.49. The third-order valence-corrected chi connectivity index (χ3v) is 1.67. The van der Waals surface area contributed by atoms with Gasteiger partial charge in [-0.3, -0.25) is 5.84 Å². The molecule has 6 heteroatoms. The molecule has 0 spiro atoms. The first kappa shape index (κ1) is 10.6. The average molecular weight is 206 g/mol. The fraction of sp³-hybridized carbons (Fsp3) is 0.250. The van der Waals surface area contributed by atoms with Crippen molar-refractivity contribution < 1.29 is 17.9 Å². The summed E-state index contributed by atoms with van der Waals surface area (Å²) >= 11 is 0. The van der Waals surface area contributed by atoms with E-state index >= 15 is 0 Å². The molecule has 1 rings (SSSR count). The number of rotatable bonds is 2. The lowest BCUT2D eigenvalue weighted by molar-refractivity contribution is -0.138. The van der Waals surface area contributed by atoms with E-state index in [0.29, 0.717) is 0 Å². The molecule has 0 heterocycles. The molecule has 14 heavy (non-hydrogen) atoms. The summed E-state index contributed by atoms with van der Waals surface area (Å²) in [5.41, 5.74) is 1.46. The summed E-state index contributed by atoms with van der Waals surface area (Å²) in [6.07, 6.45) is -4.45. The van der Waals surface area contributed by atoms with Gasteiger partial charge in [0.05, 0.1) is 12.7 Å². The maximum absolute atomic E-state index is 12.4. The number of halogens is 3. The van der Waals surface area contributed by atoms with Crippen LogP contribution in [-0.4, -0.2) is 7.11 Å². The SMILES string of the molecule is COc1ccc(NN)cc1C(F)(F)F. The number of anilines is 1. The van der Waals surface area contributed by atoms with Crippen LogP contribution in [0, 0.1) is 0 Å². The highest BCUT2D eigenvalue weighted by Crippen LogP contribution is 2.37. The van der Waals surface area contributed by atoms with Crippen LogP contribution in [0.4, 0.5) is 18.9 Å². The zero-order chi connectivity index (χ0) is 10.8. The molecule has 0 atom stereocenters. The van der Waals surface area contributed by atoms with Gasteiger partial charge < -0.3 is 10.2 Å². The van der Waals surface area contributed by atoms with Crippen molar-refractivity contribution in [3.8, 4) is 5.75 Å². The fourth-order valence-corrected chi connectivity index (χ4v) is 1.02. The lowest BCUT2D eigenvalue weighted by atomic mass is 10.1. The first-order valence-corrected chi connectivity index (χ1v) is 3.71. The fourth-order valence-electron chi connectivity index (χ4n) is 1.02. The van der Waals surface area contributed by atoms with Crippen LogP contribution in [0.15, 0.2) is 18.2 Å². The van der Waals surface area contributed by atoms with Gasteiger partial charge in [0.2, 0.25) is 0 Å². The Bertz CT molecular complexity index is 325. The van der Waals surface area contributed by atoms with Gasteiger partial charge in [-0.2, -0.15) is 13.2 Å². The number of hydrogen-bond donors (Lipinski definition) is 2. The van der Waals surface area contributed by atoms with Gasteiger partial charge in [0.1, 0.15) is 5.75 Å². The summed E-state index contributed by atoms with van der Waals surface area (Å²) < 4.78 is 41.8. The van der Waals surface area contributed by atoms with E-state index in [4.69, 9.17) is 5.84 Å². The van der Waals surface area contributed by atoms with Gasteiger partial charge in [-0.25, -0.2) is 0 Å². The molecule has 0 bridgehead atoms. The second-order valence-corrected chi connectivity index (χ2v) is 2.56. The van der Waals surface area contributed by atoms with E-state index < -0.39 is 11.7 Å². The standard InChI is InChI=1S/C8H9F3N2O/c1-14-7-3-2-5(13-12)4-6(7)8(9,10)11/h2-4,13H,12H2,1H3. The highest BCUT2D eigenvalue weighted by Gasteiger charge is 2.34. The number of methoxy groups -OCH3 is 1. The molecule has 3 N–H and O–H groups in total. The molecule has 0 aliphatic heterocycles.